The van der Waals surface area contributed by atoms with Crippen LogP contribution in [0.3, 0.4) is 0 Å². The minimum atomic E-state index is -0.461. The minimum absolute atomic E-state index is 0.0106. The summed E-state index contributed by atoms with van der Waals surface area (Å²) >= 11 is 0. The van der Waals surface area contributed by atoms with Crippen LogP contribution in [0.2, 0.25) is 0 Å². The van der Waals surface area contributed by atoms with Gasteiger partial charge in [-0.25, -0.2) is 4.79 Å². The summed E-state index contributed by atoms with van der Waals surface area (Å²) in [5, 5.41) is 10.7. The first kappa shape index (κ1) is 28.1. The topological polar surface area (TPSA) is 76.6 Å². The zero-order valence-electron chi connectivity index (χ0n) is 23.5. The van der Waals surface area contributed by atoms with Crippen LogP contribution in [0.25, 0.3) is 0 Å². The first-order chi connectivity index (χ1) is 18.2. The number of likely N-dealkylation sites (N-methyl/N-ethyl adjacent to an activating group) is 1. The molecule has 1 saturated heterocycles. The van der Waals surface area contributed by atoms with Gasteiger partial charge in [0, 0.05) is 65.0 Å². The molecule has 206 valence electrons. The number of phenols is 1. The van der Waals surface area contributed by atoms with Crippen LogP contribution in [0.4, 0.5) is 4.79 Å². The molecule has 0 saturated carbocycles. The summed E-state index contributed by atoms with van der Waals surface area (Å²) in [6, 6.07) is 9.78. The van der Waals surface area contributed by atoms with E-state index in [2.05, 4.69) is 39.9 Å². The SMILES string of the molecule is CCN(CC)C(=O)Oc1cc(O)c(C(=O)CN2Cc3ccc(CN4CCN(C)CC4)cc3C2)cc1C(C)C. The van der Waals surface area contributed by atoms with E-state index in [-0.39, 0.29) is 29.6 Å². The Kier molecular flexibility index (Phi) is 9.07. The van der Waals surface area contributed by atoms with Crippen molar-refractivity contribution in [3.63, 3.8) is 0 Å². The number of ether oxygens (including phenoxy) is 1. The number of carbonyl (C=O) groups is 2. The number of carbonyl (C=O) groups excluding carboxylic acids is 2. The number of ketones is 1. The van der Waals surface area contributed by atoms with E-state index in [9.17, 15) is 14.7 Å². The highest BCUT2D eigenvalue weighted by Crippen LogP contribution is 2.34. The third-order valence-electron chi connectivity index (χ3n) is 7.70. The summed E-state index contributed by atoms with van der Waals surface area (Å²) in [4.78, 5) is 34.4. The highest BCUT2D eigenvalue weighted by Gasteiger charge is 2.26. The predicted molar refractivity (Wildman–Crippen MR) is 149 cm³/mol. The van der Waals surface area contributed by atoms with Gasteiger partial charge in [0.25, 0.3) is 0 Å². The molecule has 0 aliphatic carbocycles. The van der Waals surface area contributed by atoms with Gasteiger partial charge < -0.3 is 19.6 Å². The second-order valence-electron chi connectivity index (χ2n) is 10.9. The molecule has 2 aromatic rings. The summed E-state index contributed by atoms with van der Waals surface area (Å²) in [5.41, 5.74) is 4.84. The van der Waals surface area contributed by atoms with Gasteiger partial charge in [-0.1, -0.05) is 32.0 Å². The van der Waals surface area contributed by atoms with Crippen LogP contribution in [0.5, 0.6) is 11.5 Å². The Labute approximate surface area is 226 Å². The van der Waals surface area contributed by atoms with E-state index in [1.807, 2.05) is 27.7 Å². The minimum Gasteiger partial charge on any atom is -0.507 e. The molecule has 1 N–H and O–H groups in total. The second-order valence-corrected chi connectivity index (χ2v) is 10.9. The molecule has 1 amide bonds. The summed E-state index contributed by atoms with van der Waals surface area (Å²) in [6.07, 6.45) is -0.461. The molecular formula is C30H42N4O4. The second kappa shape index (κ2) is 12.3. The van der Waals surface area contributed by atoms with E-state index < -0.39 is 6.09 Å². The molecule has 2 heterocycles. The number of hydrogen-bond acceptors (Lipinski definition) is 7. The van der Waals surface area contributed by atoms with Gasteiger partial charge in [-0.05, 0) is 55.1 Å². The summed E-state index contributed by atoms with van der Waals surface area (Å²) < 4.78 is 5.61. The van der Waals surface area contributed by atoms with Crippen molar-refractivity contribution in [2.24, 2.45) is 0 Å². The number of aromatic hydroxyl groups is 1. The van der Waals surface area contributed by atoms with Gasteiger partial charge in [0.15, 0.2) is 5.78 Å². The number of nitrogens with zero attached hydrogens (tertiary/aromatic N) is 4. The number of fused-ring (bicyclic) bond motifs is 1. The number of rotatable bonds is 9. The molecule has 0 unspecified atom stereocenters. The van der Waals surface area contributed by atoms with Crippen molar-refractivity contribution in [2.75, 3.05) is 52.9 Å². The van der Waals surface area contributed by atoms with Crippen LogP contribution in [0.15, 0.2) is 30.3 Å². The summed E-state index contributed by atoms with van der Waals surface area (Å²) in [5.74, 6) is 0.00762. The maximum Gasteiger partial charge on any atom is 0.415 e. The van der Waals surface area contributed by atoms with Crippen molar-refractivity contribution < 1.29 is 19.4 Å². The van der Waals surface area contributed by atoms with E-state index in [0.29, 0.717) is 25.4 Å². The molecule has 8 heteroatoms. The number of amides is 1. The third kappa shape index (κ3) is 6.54. The Morgan fingerprint density at radius 2 is 1.66 bits per heavy atom. The standard InChI is InChI=1S/C30H42N4O4/c1-6-34(7-2)30(37)38-29-16-27(35)26(15-25(29)21(3)4)28(36)20-33-18-23-9-8-22(14-24(23)19-33)17-32-12-10-31(5)11-13-32/h8-9,14-16,21,35H,6-7,10-13,17-20H2,1-5H3. The highest BCUT2D eigenvalue weighted by atomic mass is 16.6. The van der Waals surface area contributed by atoms with Crippen LogP contribution < -0.4 is 4.74 Å². The maximum atomic E-state index is 13.3. The average Bonchev–Trinajstić information content (AvgIpc) is 3.27. The van der Waals surface area contributed by atoms with E-state index >= 15 is 0 Å². The fraction of sp³-hybridized carbons (Fsp3) is 0.533. The summed E-state index contributed by atoms with van der Waals surface area (Å²) in [7, 11) is 2.17. The molecule has 0 spiro atoms. The summed E-state index contributed by atoms with van der Waals surface area (Å²) in [6.45, 7) is 15.8. The fourth-order valence-corrected chi connectivity index (χ4v) is 5.27. The van der Waals surface area contributed by atoms with Gasteiger partial charge in [0.05, 0.1) is 12.1 Å². The Hall–Kier alpha value is -2.94. The molecule has 0 aromatic heterocycles. The molecule has 1 fully saturated rings. The van der Waals surface area contributed by atoms with Crippen molar-refractivity contribution in [3.8, 4) is 11.5 Å². The zero-order valence-corrected chi connectivity index (χ0v) is 23.5. The van der Waals surface area contributed by atoms with Gasteiger partial charge in [-0.15, -0.1) is 0 Å². The van der Waals surface area contributed by atoms with Gasteiger partial charge in [0.1, 0.15) is 11.5 Å². The van der Waals surface area contributed by atoms with Crippen LogP contribution in [0.1, 0.15) is 66.2 Å². The third-order valence-corrected chi connectivity index (χ3v) is 7.70. The quantitative estimate of drug-likeness (QED) is 0.492. The molecular weight excluding hydrogens is 480 g/mol. The fourth-order valence-electron chi connectivity index (χ4n) is 5.27. The molecule has 2 aliphatic rings. The Bertz CT molecular complexity index is 1150. The van der Waals surface area contributed by atoms with Crippen molar-refractivity contribution in [3.05, 3.63) is 58.1 Å². The zero-order chi connectivity index (χ0) is 27.4. The van der Waals surface area contributed by atoms with E-state index in [1.54, 1.807) is 11.0 Å². The first-order valence-corrected chi connectivity index (χ1v) is 13.8. The van der Waals surface area contributed by atoms with Crippen molar-refractivity contribution in [2.45, 2.75) is 53.2 Å². The number of benzene rings is 2. The van der Waals surface area contributed by atoms with Crippen LogP contribution >= 0.6 is 0 Å². The monoisotopic (exact) mass is 522 g/mol. The van der Waals surface area contributed by atoms with Gasteiger partial charge in [-0.2, -0.15) is 0 Å². The highest BCUT2D eigenvalue weighted by molar-refractivity contribution is 6.00. The van der Waals surface area contributed by atoms with Gasteiger partial charge in [-0.3, -0.25) is 14.6 Å². The number of hydrogen-bond donors (Lipinski definition) is 1. The van der Waals surface area contributed by atoms with Crippen molar-refractivity contribution in [1.29, 1.82) is 0 Å². The number of piperazine rings is 1. The lowest BCUT2D eigenvalue weighted by Gasteiger charge is -2.32. The predicted octanol–water partition coefficient (Wildman–Crippen LogP) is 4.30. The van der Waals surface area contributed by atoms with E-state index in [0.717, 1.165) is 44.8 Å². The van der Waals surface area contributed by atoms with Crippen LogP contribution in [-0.2, 0) is 19.6 Å². The van der Waals surface area contributed by atoms with Crippen molar-refractivity contribution >= 4 is 11.9 Å². The van der Waals surface area contributed by atoms with E-state index in [4.69, 9.17) is 4.74 Å². The normalized spacial score (nSPS) is 16.6. The number of phenolic OH excluding ortho intramolecular Hbond substituents is 1. The molecule has 2 aromatic carbocycles. The lowest BCUT2D eigenvalue weighted by atomic mass is 9.97. The van der Waals surface area contributed by atoms with Crippen molar-refractivity contribution in [1.82, 2.24) is 19.6 Å². The molecule has 38 heavy (non-hydrogen) atoms. The molecule has 8 nitrogen and oxygen atoms in total. The molecule has 4 rings (SSSR count). The first-order valence-electron chi connectivity index (χ1n) is 13.8. The maximum absolute atomic E-state index is 13.3. The lowest BCUT2D eigenvalue weighted by Crippen LogP contribution is -2.43. The van der Waals surface area contributed by atoms with Crippen LogP contribution in [-0.4, -0.2) is 89.4 Å². The Balaban J connectivity index is 1.42. The largest absolute Gasteiger partial charge is 0.507 e. The van der Waals surface area contributed by atoms with E-state index in [1.165, 1.54) is 22.8 Å². The van der Waals surface area contributed by atoms with Gasteiger partial charge >= 0.3 is 6.09 Å². The Morgan fingerprint density at radius 1 is 0.974 bits per heavy atom. The smallest absolute Gasteiger partial charge is 0.415 e. The van der Waals surface area contributed by atoms with Gasteiger partial charge in [0.2, 0.25) is 0 Å². The molecule has 0 bridgehead atoms. The molecule has 0 atom stereocenters. The Morgan fingerprint density at radius 3 is 2.32 bits per heavy atom. The average molecular weight is 523 g/mol. The molecule has 2 aliphatic heterocycles. The molecule has 0 radical (unpaired) electrons. The number of Topliss-reactive ketones (excluding diaryl/α,β-unsaturated/α-hetero) is 1. The lowest BCUT2D eigenvalue weighted by molar-refractivity contribution is 0.0927. The van der Waals surface area contributed by atoms with Crippen LogP contribution in [0, 0.1) is 0 Å².